The van der Waals surface area contributed by atoms with E-state index in [1.165, 1.54) is 63.4 Å². The van der Waals surface area contributed by atoms with Crippen molar-refractivity contribution < 1.29 is 0 Å². The van der Waals surface area contributed by atoms with Gasteiger partial charge in [0, 0.05) is 0 Å². The molecule has 0 N–H and O–H groups in total. The highest BCUT2D eigenvalue weighted by atomic mass is 31.0. The third-order valence-electron chi connectivity index (χ3n) is 3.36. The van der Waals surface area contributed by atoms with Gasteiger partial charge in [-0.05, 0) is 24.2 Å². The smallest absolute Gasteiger partial charge is 0.104 e. The number of hydrogen-bond acceptors (Lipinski definition) is 0. The standard InChI is InChI=1S/C15H26NP/c1-2-3-4-5-6-7-8-9-10-11-14-12-13-17-15(14)16/h12-13,17H,2-11H2,1H3. The Morgan fingerprint density at radius 3 is 2.06 bits per heavy atom. The molecule has 0 aromatic carbocycles. The fourth-order valence-electron chi connectivity index (χ4n) is 2.22. The number of nitrogens with zero attached hydrogens (tertiary/aromatic N) is 1. The van der Waals surface area contributed by atoms with Gasteiger partial charge in [0.25, 0.3) is 0 Å². The maximum absolute atomic E-state index is 9.54. The fourth-order valence-corrected chi connectivity index (χ4v) is 3.06. The Labute approximate surface area is 108 Å². The number of hydrogen-bond donors (Lipinski definition) is 0. The van der Waals surface area contributed by atoms with Crippen LogP contribution in [0.3, 0.4) is 0 Å². The summed E-state index contributed by atoms with van der Waals surface area (Å²) in [6, 6.07) is 2.10. The molecular weight excluding hydrogens is 225 g/mol. The molecule has 1 nitrogen and oxygen atoms in total. The van der Waals surface area contributed by atoms with Gasteiger partial charge in [-0.1, -0.05) is 64.4 Å². The van der Waals surface area contributed by atoms with Crippen molar-refractivity contribution in [2.24, 2.45) is 0 Å². The zero-order valence-corrected chi connectivity index (χ0v) is 12.2. The van der Waals surface area contributed by atoms with E-state index in [1.54, 1.807) is 0 Å². The van der Waals surface area contributed by atoms with Crippen molar-refractivity contribution in [3.63, 3.8) is 0 Å². The van der Waals surface area contributed by atoms with Crippen LogP contribution in [-0.4, -0.2) is 0 Å². The third kappa shape index (κ3) is 6.78. The normalized spacial score (nSPS) is 11.4. The summed E-state index contributed by atoms with van der Waals surface area (Å²) in [4.78, 5) is 0. The lowest BCUT2D eigenvalue weighted by molar-refractivity contribution is 0.565. The monoisotopic (exact) mass is 251 g/mol. The minimum Gasteiger partial charge on any atom is -0.146 e. The molecule has 0 spiro atoms. The molecule has 0 aliphatic carbocycles. The van der Waals surface area contributed by atoms with Gasteiger partial charge in [0.15, 0.2) is 0 Å². The Morgan fingerprint density at radius 1 is 0.941 bits per heavy atom. The second-order valence-corrected chi connectivity index (χ2v) is 6.03. The second kappa shape index (κ2) is 9.59. The van der Waals surface area contributed by atoms with Crippen LogP contribution in [0.5, 0.6) is 0 Å². The summed E-state index contributed by atoms with van der Waals surface area (Å²) in [5.74, 6) is 2.08. The third-order valence-corrected chi connectivity index (χ3v) is 4.29. The topological polar surface area (TPSA) is 22.3 Å². The maximum Gasteiger partial charge on any atom is 0.104 e. The highest BCUT2D eigenvalue weighted by Gasteiger charge is 2.00. The van der Waals surface area contributed by atoms with Gasteiger partial charge in [0.1, 0.15) is 5.42 Å². The van der Waals surface area contributed by atoms with Gasteiger partial charge >= 0.3 is 0 Å². The molecule has 1 rings (SSSR count). The van der Waals surface area contributed by atoms with E-state index >= 15 is 0 Å². The van der Waals surface area contributed by atoms with E-state index in [9.17, 15) is 5.73 Å². The van der Waals surface area contributed by atoms with Crippen LogP contribution >= 0.6 is 8.19 Å². The van der Waals surface area contributed by atoms with Gasteiger partial charge in [-0.15, -0.1) is 13.9 Å². The molecule has 96 valence electrons. The van der Waals surface area contributed by atoms with Gasteiger partial charge in [0.05, 0.1) is 0 Å². The van der Waals surface area contributed by atoms with E-state index in [4.69, 9.17) is 0 Å². The number of rotatable bonds is 10. The first-order chi connectivity index (χ1) is 8.34. The van der Waals surface area contributed by atoms with Crippen LogP contribution < -0.4 is 5.73 Å². The van der Waals surface area contributed by atoms with Gasteiger partial charge in [-0.2, -0.15) is 0 Å². The van der Waals surface area contributed by atoms with Gasteiger partial charge in [0.2, 0.25) is 0 Å². The zero-order valence-electron chi connectivity index (χ0n) is 11.2. The summed E-state index contributed by atoms with van der Waals surface area (Å²) >= 11 is 0. The van der Waals surface area contributed by atoms with Crippen LogP contribution in [0.15, 0.2) is 11.9 Å². The lowest BCUT2D eigenvalue weighted by Gasteiger charge is -2.02. The maximum atomic E-state index is 9.54. The van der Waals surface area contributed by atoms with Crippen LogP contribution in [0.2, 0.25) is 0 Å². The molecular formula is C15H26NP. The molecule has 1 aromatic heterocycles. The molecule has 1 aromatic rings. The van der Waals surface area contributed by atoms with Crippen LogP contribution in [0, 0.1) is 0 Å². The molecule has 17 heavy (non-hydrogen) atoms. The average Bonchev–Trinajstić information content (AvgIpc) is 2.73. The molecule has 2 heteroatoms. The molecule has 0 saturated heterocycles. The largest absolute Gasteiger partial charge is 0.146 e. The summed E-state index contributed by atoms with van der Waals surface area (Å²) < 4.78 is 0. The highest BCUT2D eigenvalue weighted by molar-refractivity contribution is 7.33. The summed E-state index contributed by atoms with van der Waals surface area (Å²) in [5, 5.41) is 0. The Kier molecular flexibility index (Phi) is 8.26. The van der Waals surface area contributed by atoms with Crippen LogP contribution in [0.25, 0.3) is 0 Å². The van der Waals surface area contributed by atoms with Crippen molar-refractivity contribution in [1.82, 2.24) is 5.73 Å². The minimum atomic E-state index is 0.529. The van der Waals surface area contributed by atoms with Crippen molar-refractivity contribution in [3.8, 4) is 0 Å². The summed E-state index contributed by atoms with van der Waals surface area (Å²) in [6.45, 7) is 2.27. The van der Waals surface area contributed by atoms with E-state index in [2.05, 4.69) is 18.8 Å². The summed E-state index contributed by atoms with van der Waals surface area (Å²) in [6.07, 6.45) is 13.4. The first-order valence-electron chi connectivity index (χ1n) is 7.19. The highest BCUT2D eigenvalue weighted by Crippen LogP contribution is 2.27. The van der Waals surface area contributed by atoms with Crippen molar-refractivity contribution in [3.05, 3.63) is 17.4 Å². The molecule has 0 amide bonds. The molecule has 0 saturated carbocycles. The number of aryl methyl sites for hydroxylation is 1. The first kappa shape index (κ1) is 14.6. The second-order valence-electron chi connectivity index (χ2n) is 4.93. The predicted molar refractivity (Wildman–Crippen MR) is 78.7 cm³/mol. The van der Waals surface area contributed by atoms with E-state index in [0.717, 1.165) is 6.42 Å². The Balaban J connectivity index is 1.86. The molecule has 1 unspecified atom stereocenters. The molecule has 0 fully saturated rings. The summed E-state index contributed by atoms with van der Waals surface area (Å²) in [7, 11) is 0.529. The van der Waals surface area contributed by atoms with Gasteiger partial charge in [-0.25, -0.2) is 0 Å². The molecule has 0 bridgehead atoms. The van der Waals surface area contributed by atoms with Crippen molar-refractivity contribution in [2.75, 3.05) is 0 Å². The Hall–Kier alpha value is -0.420. The van der Waals surface area contributed by atoms with E-state index < -0.39 is 0 Å². The first-order valence-corrected chi connectivity index (χ1v) is 8.27. The SMILES string of the molecule is CCCCCCCCCCCc1cc[pH]c1[N]. The fraction of sp³-hybridized carbons (Fsp3) is 0.733. The van der Waals surface area contributed by atoms with Crippen LogP contribution in [0.1, 0.15) is 70.3 Å². The van der Waals surface area contributed by atoms with E-state index in [1.807, 2.05) is 0 Å². The molecule has 2 radical (unpaired) electrons. The van der Waals surface area contributed by atoms with Gasteiger partial charge < -0.3 is 0 Å². The van der Waals surface area contributed by atoms with Crippen LogP contribution in [-0.2, 0) is 6.42 Å². The Bertz CT molecular complexity index is 280. The van der Waals surface area contributed by atoms with Crippen LogP contribution in [0.4, 0.5) is 5.42 Å². The molecule has 0 aliphatic heterocycles. The van der Waals surface area contributed by atoms with Gasteiger partial charge in [-0.3, -0.25) is 0 Å². The Morgan fingerprint density at radius 2 is 1.53 bits per heavy atom. The lowest BCUT2D eigenvalue weighted by atomic mass is 10.0. The predicted octanol–water partition coefficient (Wildman–Crippen LogP) is 5.49. The van der Waals surface area contributed by atoms with E-state index in [0.29, 0.717) is 13.6 Å². The molecule has 0 aliphatic rings. The molecule has 1 atom stereocenters. The quantitative estimate of drug-likeness (QED) is 0.490. The van der Waals surface area contributed by atoms with Crippen molar-refractivity contribution in [1.29, 1.82) is 0 Å². The lowest BCUT2D eigenvalue weighted by Crippen LogP contribution is -1.85. The minimum absolute atomic E-state index is 0.529. The van der Waals surface area contributed by atoms with E-state index in [-0.39, 0.29) is 0 Å². The number of unbranched alkanes of at least 4 members (excludes halogenated alkanes) is 8. The average molecular weight is 251 g/mol. The zero-order chi connectivity index (χ0) is 12.3. The summed E-state index contributed by atoms with van der Waals surface area (Å²) in [5.41, 5.74) is 11.4. The van der Waals surface area contributed by atoms with Crippen molar-refractivity contribution in [2.45, 2.75) is 71.1 Å². The molecule has 1 heterocycles. The van der Waals surface area contributed by atoms with Crippen molar-refractivity contribution >= 4 is 13.6 Å².